The third-order valence-corrected chi connectivity index (χ3v) is 6.22. The van der Waals surface area contributed by atoms with Crippen LogP contribution in [0.5, 0.6) is 0 Å². The predicted molar refractivity (Wildman–Crippen MR) is 110 cm³/mol. The van der Waals surface area contributed by atoms with E-state index in [2.05, 4.69) is 11.1 Å². The second kappa shape index (κ2) is 8.85. The molecule has 3 aromatic rings. The normalized spacial score (nSPS) is 10.4. The fourth-order valence-electron chi connectivity index (χ4n) is 2.54. The van der Waals surface area contributed by atoms with Gasteiger partial charge in [0.05, 0.1) is 11.6 Å². The molecule has 1 amide bonds. The molecule has 0 saturated heterocycles. The van der Waals surface area contributed by atoms with Crippen LogP contribution in [-0.4, -0.2) is 22.8 Å². The zero-order valence-corrected chi connectivity index (χ0v) is 16.8. The Morgan fingerprint density at radius 1 is 1.15 bits per heavy atom. The molecule has 0 unspecified atom stereocenters. The van der Waals surface area contributed by atoms with Gasteiger partial charge in [-0.1, -0.05) is 36.0 Å². The third-order valence-electron chi connectivity index (χ3n) is 4.01. The average Bonchev–Trinajstić information content (AvgIpc) is 3.12. The van der Waals surface area contributed by atoms with Gasteiger partial charge < -0.3 is 4.90 Å². The Morgan fingerprint density at radius 3 is 2.41 bits per heavy atom. The van der Waals surface area contributed by atoms with E-state index in [-0.39, 0.29) is 5.91 Å². The van der Waals surface area contributed by atoms with Crippen molar-refractivity contribution in [1.29, 1.82) is 5.26 Å². The van der Waals surface area contributed by atoms with Crippen LogP contribution in [-0.2, 0) is 12.3 Å². The number of carbonyl (C=O) groups excluding carboxylic acids is 1. The van der Waals surface area contributed by atoms with Gasteiger partial charge in [0.15, 0.2) is 0 Å². The lowest BCUT2D eigenvalue weighted by Crippen LogP contribution is -2.26. The SMILES string of the molecule is Cc1csc(SCc2ccc(C(=O)N(C)Cc3ccc(C#N)cc3)cc2)n1. The molecule has 0 aliphatic rings. The average molecular weight is 394 g/mol. The minimum Gasteiger partial charge on any atom is -0.337 e. The Bertz CT molecular complexity index is 956. The maximum Gasteiger partial charge on any atom is 0.253 e. The number of carbonyl (C=O) groups is 1. The number of amides is 1. The van der Waals surface area contributed by atoms with Gasteiger partial charge >= 0.3 is 0 Å². The Morgan fingerprint density at radius 2 is 1.81 bits per heavy atom. The molecule has 6 heteroatoms. The topological polar surface area (TPSA) is 57.0 Å². The van der Waals surface area contributed by atoms with Crippen LogP contribution in [0, 0.1) is 18.3 Å². The molecule has 0 bridgehead atoms. The zero-order valence-electron chi connectivity index (χ0n) is 15.2. The molecule has 136 valence electrons. The molecule has 0 saturated carbocycles. The van der Waals surface area contributed by atoms with Gasteiger partial charge in [-0.2, -0.15) is 5.26 Å². The van der Waals surface area contributed by atoms with Crippen molar-refractivity contribution in [3.63, 3.8) is 0 Å². The molecule has 0 spiro atoms. The van der Waals surface area contributed by atoms with Gasteiger partial charge in [-0.05, 0) is 42.3 Å². The van der Waals surface area contributed by atoms with Crippen LogP contribution in [0.4, 0.5) is 0 Å². The Hall–Kier alpha value is -2.62. The first kappa shape index (κ1) is 19.2. The number of benzene rings is 2. The quantitative estimate of drug-likeness (QED) is 0.560. The molecular weight excluding hydrogens is 374 g/mol. The number of aromatic nitrogens is 1. The van der Waals surface area contributed by atoms with E-state index in [1.54, 1.807) is 47.2 Å². The van der Waals surface area contributed by atoms with Gasteiger partial charge in [-0.15, -0.1) is 11.3 Å². The minimum atomic E-state index is -0.0193. The number of thioether (sulfide) groups is 1. The lowest BCUT2D eigenvalue weighted by Gasteiger charge is -2.17. The van der Waals surface area contributed by atoms with Gasteiger partial charge in [0.1, 0.15) is 4.34 Å². The van der Waals surface area contributed by atoms with Gasteiger partial charge in [0, 0.05) is 36.0 Å². The van der Waals surface area contributed by atoms with E-state index >= 15 is 0 Å². The van der Waals surface area contributed by atoms with E-state index in [9.17, 15) is 4.79 Å². The molecule has 1 heterocycles. The van der Waals surface area contributed by atoms with E-state index in [1.807, 2.05) is 48.7 Å². The summed E-state index contributed by atoms with van der Waals surface area (Å²) in [5.41, 5.74) is 4.50. The third kappa shape index (κ3) is 5.19. The van der Waals surface area contributed by atoms with Crippen LogP contribution in [0.25, 0.3) is 0 Å². The molecule has 3 rings (SSSR count). The van der Waals surface area contributed by atoms with Crippen molar-refractivity contribution in [2.45, 2.75) is 23.6 Å². The highest BCUT2D eigenvalue weighted by molar-refractivity contribution is 8.00. The summed E-state index contributed by atoms with van der Waals surface area (Å²) in [7, 11) is 1.79. The summed E-state index contributed by atoms with van der Waals surface area (Å²) >= 11 is 3.37. The molecule has 0 N–H and O–H groups in total. The number of aryl methyl sites for hydroxylation is 1. The largest absolute Gasteiger partial charge is 0.337 e. The summed E-state index contributed by atoms with van der Waals surface area (Å²) in [5.74, 6) is 0.816. The summed E-state index contributed by atoms with van der Waals surface area (Å²) in [5, 5.41) is 10.9. The lowest BCUT2D eigenvalue weighted by molar-refractivity contribution is 0.0785. The molecule has 27 heavy (non-hydrogen) atoms. The van der Waals surface area contributed by atoms with Crippen LogP contribution in [0.15, 0.2) is 58.3 Å². The van der Waals surface area contributed by atoms with Crippen molar-refractivity contribution in [1.82, 2.24) is 9.88 Å². The van der Waals surface area contributed by atoms with Crippen molar-refractivity contribution in [2.24, 2.45) is 0 Å². The number of hydrogen-bond donors (Lipinski definition) is 0. The van der Waals surface area contributed by atoms with Gasteiger partial charge in [-0.25, -0.2) is 4.98 Å². The Balaban J connectivity index is 1.58. The summed E-state index contributed by atoms with van der Waals surface area (Å²) in [6.07, 6.45) is 0. The fraction of sp³-hybridized carbons (Fsp3) is 0.190. The summed E-state index contributed by atoms with van der Waals surface area (Å²) < 4.78 is 1.06. The Labute approximate surface area is 167 Å². The number of nitrogens with zero attached hydrogens (tertiary/aromatic N) is 3. The van der Waals surface area contributed by atoms with Crippen molar-refractivity contribution < 1.29 is 4.79 Å². The summed E-state index contributed by atoms with van der Waals surface area (Å²) in [6, 6.07) is 17.1. The summed E-state index contributed by atoms with van der Waals surface area (Å²) in [4.78, 5) is 18.8. The molecule has 0 aliphatic heterocycles. The van der Waals surface area contributed by atoms with Crippen LogP contribution < -0.4 is 0 Å². The van der Waals surface area contributed by atoms with Crippen LogP contribution >= 0.6 is 23.1 Å². The van der Waals surface area contributed by atoms with Crippen LogP contribution in [0.1, 0.15) is 32.7 Å². The highest BCUT2D eigenvalue weighted by Gasteiger charge is 2.12. The first-order valence-corrected chi connectivity index (χ1v) is 10.3. The first-order chi connectivity index (χ1) is 13.0. The molecule has 0 aliphatic carbocycles. The fourth-order valence-corrected chi connectivity index (χ4v) is 4.34. The number of hydrogen-bond acceptors (Lipinski definition) is 5. The lowest BCUT2D eigenvalue weighted by atomic mass is 10.1. The van der Waals surface area contributed by atoms with E-state index in [1.165, 1.54) is 5.56 Å². The predicted octanol–water partition coefficient (Wildman–Crippen LogP) is 4.89. The monoisotopic (exact) mass is 393 g/mol. The van der Waals surface area contributed by atoms with Crippen molar-refractivity contribution in [2.75, 3.05) is 7.05 Å². The van der Waals surface area contributed by atoms with E-state index in [0.29, 0.717) is 17.7 Å². The van der Waals surface area contributed by atoms with Crippen molar-refractivity contribution in [3.05, 3.63) is 81.9 Å². The highest BCUT2D eigenvalue weighted by Crippen LogP contribution is 2.26. The van der Waals surface area contributed by atoms with E-state index in [0.717, 1.165) is 21.3 Å². The molecule has 0 atom stereocenters. The molecule has 0 fully saturated rings. The van der Waals surface area contributed by atoms with Crippen LogP contribution in [0.3, 0.4) is 0 Å². The first-order valence-electron chi connectivity index (χ1n) is 8.43. The Kier molecular flexibility index (Phi) is 6.28. The van der Waals surface area contributed by atoms with E-state index in [4.69, 9.17) is 5.26 Å². The molecular formula is C21H19N3OS2. The molecule has 0 radical (unpaired) electrons. The molecule has 2 aromatic carbocycles. The van der Waals surface area contributed by atoms with Crippen molar-refractivity contribution >= 4 is 29.0 Å². The number of rotatable bonds is 6. The van der Waals surface area contributed by atoms with Gasteiger partial charge in [0.25, 0.3) is 5.91 Å². The maximum atomic E-state index is 12.6. The second-order valence-corrected chi connectivity index (χ2v) is 8.29. The summed E-state index contributed by atoms with van der Waals surface area (Å²) in [6.45, 7) is 2.50. The maximum absolute atomic E-state index is 12.6. The number of nitriles is 1. The zero-order chi connectivity index (χ0) is 19.2. The molecule has 1 aromatic heterocycles. The highest BCUT2D eigenvalue weighted by atomic mass is 32.2. The van der Waals surface area contributed by atoms with Crippen LogP contribution in [0.2, 0.25) is 0 Å². The minimum absolute atomic E-state index is 0.0193. The van der Waals surface area contributed by atoms with E-state index < -0.39 is 0 Å². The van der Waals surface area contributed by atoms with Gasteiger partial charge in [-0.3, -0.25) is 4.79 Å². The number of thiazole rings is 1. The molecule has 4 nitrogen and oxygen atoms in total. The van der Waals surface area contributed by atoms with Crippen molar-refractivity contribution in [3.8, 4) is 6.07 Å². The standard InChI is InChI=1S/C21H19N3OS2/c1-15-13-26-21(23-15)27-14-18-7-9-19(10-8-18)20(25)24(2)12-17-5-3-16(11-22)4-6-17/h3-10,13H,12,14H2,1-2H3. The smallest absolute Gasteiger partial charge is 0.253 e. The van der Waals surface area contributed by atoms with Gasteiger partial charge in [0.2, 0.25) is 0 Å². The second-order valence-electron chi connectivity index (χ2n) is 6.21.